The zero-order valence-electron chi connectivity index (χ0n) is 28.1. The fourth-order valence-electron chi connectivity index (χ4n) is 6.27. The molecule has 9 heteroatoms. The number of benzene rings is 4. The molecule has 0 saturated heterocycles. The zero-order valence-corrected chi connectivity index (χ0v) is 28.1. The number of nitrogens with zero attached hydrogens (tertiary/aromatic N) is 3. The van der Waals surface area contributed by atoms with Crippen LogP contribution in [0.2, 0.25) is 0 Å². The molecule has 1 aliphatic heterocycles. The van der Waals surface area contributed by atoms with E-state index < -0.39 is 0 Å². The molecule has 250 valence electrons. The van der Waals surface area contributed by atoms with Crippen molar-refractivity contribution >= 4 is 23.4 Å². The van der Waals surface area contributed by atoms with E-state index in [9.17, 15) is 19.5 Å². The minimum atomic E-state index is -0.277. The molecule has 0 radical (unpaired) electrons. The highest BCUT2D eigenvalue weighted by molar-refractivity contribution is 6.08. The van der Waals surface area contributed by atoms with Crippen molar-refractivity contribution in [3.8, 4) is 22.8 Å². The summed E-state index contributed by atoms with van der Waals surface area (Å²) >= 11 is 0. The molecule has 49 heavy (non-hydrogen) atoms. The highest BCUT2D eigenvalue weighted by Crippen LogP contribution is 2.33. The molecular weight excluding hydrogens is 616 g/mol. The van der Waals surface area contributed by atoms with Crippen molar-refractivity contribution in [1.82, 2.24) is 14.8 Å². The van der Waals surface area contributed by atoms with Crippen LogP contribution in [-0.2, 0) is 31.4 Å². The summed E-state index contributed by atoms with van der Waals surface area (Å²) in [5, 5.41) is 12.6. The van der Waals surface area contributed by atoms with E-state index in [1.807, 2.05) is 78.0 Å². The standard InChI is InChI=1S/C40H40N4O5/c1-26-20-29-10-8-9-11-30(29)24-44(26)40(48)36-21-28(23-41-38(46)25-49-33-12-6-5-7-13-33)14-19-34(36)37-22-35(27(2)42(37)3)39(47)43(4)31-15-17-32(45)18-16-31/h5-19,21-22,26,45H,20,23-25H2,1-4H3,(H,41,46)/t26-/m1/s1. The third-order valence-corrected chi connectivity index (χ3v) is 9.27. The number of phenolic OH excluding ortho intramolecular Hbond substituents is 1. The van der Waals surface area contributed by atoms with Gasteiger partial charge in [0.25, 0.3) is 17.7 Å². The van der Waals surface area contributed by atoms with Crippen LogP contribution >= 0.6 is 0 Å². The number of fused-ring (bicyclic) bond motifs is 1. The zero-order chi connectivity index (χ0) is 34.7. The van der Waals surface area contributed by atoms with Crippen molar-refractivity contribution in [3.05, 3.63) is 137 Å². The summed E-state index contributed by atoms with van der Waals surface area (Å²) in [4.78, 5) is 44.4. The van der Waals surface area contributed by atoms with Crippen LogP contribution in [0, 0.1) is 6.92 Å². The first-order valence-corrected chi connectivity index (χ1v) is 16.3. The van der Waals surface area contributed by atoms with Gasteiger partial charge >= 0.3 is 0 Å². The van der Waals surface area contributed by atoms with Crippen LogP contribution in [0.25, 0.3) is 11.3 Å². The summed E-state index contributed by atoms with van der Waals surface area (Å²) in [6.45, 7) is 4.52. The minimum Gasteiger partial charge on any atom is -0.508 e. The van der Waals surface area contributed by atoms with Crippen molar-refractivity contribution in [1.29, 1.82) is 0 Å². The maximum atomic E-state index is 14.5. The quantitative estimate of drug-likeness (QED) is 0.195. The number of para-hydroxylation sites is 1. The molecule has 0 saturated carbocycles. The van der Waals surface area contributed by atoms with Gasteiger partial charge in [-0.15, -0.1) is 0 Å². The molecule has 1 atom stereocenters. The summed E-state index contributed by atoms with van der Waals surface area (Å²) in [7, 11) is 3.58. The van der Waals surface area contributed by atoms with E-state index in [-0.39, 0.29) is 42.7 Å². The van der Waals surface area contributed by atoms with Crippen LogP contribution in [0.5, 0.6) is 11.5 Å². The number of rotatable bonds is 9. The molecule has 5 aromatic rings. The minimum absolute atomic E-state index is 0.0278. The van der Waals surface area contributed by atoms with Crippen molar-refractivity contribution in [3.63, 3.8) is 0 Å². The van der Waals surface area contributed by atoms with Crippen molar-refractivity contribution in [2.45, 2.75) is 39.4 Å². The van der Waals surface area contributed by atoms with Gasteiger partial charge in [-0.05, 0) is 85.5 Å². The summed E-state index contributed by atoms with van der Waals surface area (Å²) < 4.78 is 7.53. The smallest absolute Gasteiger partial charge is 0.259 e. The Morgan fingerprint density at radius 3 is 2.33 bits per heavy atom. The number of anilines is 1. The first kappa shape index (κ1) is 33.1. The molecule has 3 amide bonds. The number of aromatic nitrogens is 1. The van der Waals surface area contributed by atoms with E-state index in [4.69, 9.17) is 4.74 Å². The summed E-state index contributed by atoms with van der Waals surface area (Å²) in [6.07, 6.45) is 0.750. The monoisotopic (exact) mass is 656 g/mol. The second kappa shape index (κ2) is 14.1. The maximum Gasteiger partial charge on any atom is 0.259 e. The van der Waals surface area contributed by atoms with Crippen LogP contribution in [-0.4, -0.2) is 52.0 Å². The molecule has 6 rings (SSSR count). The first-order chi connectivity index (χ1) is 23.6. The highest BCUT2D eigenvalue weighted by atomic mass is 16.5. The Labute approximate surface area is 286 Å². The Kier molecular flexibility index (Phi) is 9.53. The molecule has 2 heterocycles. The Hall–Kier alpha value is -5.83. The molecule has 1 aliphatic rings. The van der Waals surface area contributed by atoms with Gasteiger partial charge in [-0.3, -0.25) is 14.4 Å². The molecular formula is C40H40N4O5. The predicted octanol–water partition coefficient (Wildman–Crippen LogP) is 6.26. The molecule has 9 nitrogen and oxygen atoms in total. The second-order valence-corrected chi connectivity index (χ2v) is 12.5. The van der Waals surface area contributed by atoms with Crippen molar-refractivity contribution < 1.29 is 24.2 Å². The Balaban J connectivity index is 1.31. The molecule has 0 fully saturated rings. The van der Waals surface area contributed by atoms with Crippen molar-refractivity contribution in [2.24, 2.45) is 7.05 Å². The van der Waals surface area contributed by atoms with E-state index in [0.29, 0.717) is 34.7 Å². The SMILES string of the molecule is Cc1c(C(=O)N(C)c2ccc(O)cc2)cc(-c2ccc(CNC(=O)COc3ccccc3)cc2C(=O)N2Cc3ccccc3C[C@H]2C)n1C. The number of phenols is 1. The van der Waals surface area contributed by atoms with E-state index in [0.717, 1.165) is 28.9 Å². The van der Waals surface area contributed by atoms with Gasteiger partial charge in [0.15, 0.2) is 6.61 Å². The fourth-order valence-corrected chi connectivity index (χ4v) is 6.27. The predicted molar refractivity (Wildman–Crippen MR) is 190 cm³/mol. The van der Waals surface area contributed by atoms with Gasteiger partial charge in [0.1, 0.15) is 11.5 Å². The first-order valence-electron chi connectivity index (χ1n) is 16.3. The van der Waals surface area contributed by atoms with Gasteiger partial charge in [0.05, 0.1) is 5.56 Å². The molecule has 0 spiro atoms. The van der Waals surface area contributed by atoms with E-state index in [1.54, 1.807) is 43.4 Å². The van der Waals surface area contributed by atoms with Gasteiger partial charge in [-0.2, -0.15) is 0 Å². The third-order valence-electron chi connectivity index (χ3n) is 9.27. The van der Waals surface area contributed by atoms with Crippen LogP contribution in [0.1, 0.15) is 50.0 Å². The molecule has 1 aromatic heterocycles. The summed E-state index contributed by atoms with van der Waals surface area (Å²) in [5.41, 5.74) is 6.92. The Morgan fingerprint density at radius 1 is 0.898 bits per heavy atom. The number of nitrogens with one attached hydrogen (secondary N) is 1. The molecule has 4 aromatic carbocycles. The second-order valence-electron chi connectivity index (χ2n) is 12.5. The Bertz CT molecular complexity index is 2000. The molecule has 2 N–H and O–H groups in total. The summed E-state index contributed by atoms with van der Waals surface area (Å²) in [5.74, 6) is 0.120. The molecule has 0 bridgehead atoms. The lowest BCUT2D eigenvalue weighted by Crippen LogP contribution is -2.42. The number of hydrogen-bond acceptors (Lipinski definition) is 5. The largest absolute Gasteiger partial charge is 0.508 e. The highest BCUT2D eigenvalue weighted by Gasteiger charge is 2.30. The number of hydrogen-bond donors (Lipinski definition) is 2. The van der Waals surface area contributed by atoms with E-state index >= 15 is 0 Å². The van der Waals surface area contributed by atoms with Gasteiger partial charge < -0.3 is 29.5 Å². The van der Waals surface area contributed by atoms with Gasteiger partial charge in [0, 0.05) is 61.4 Å². The number of carbonyl (C=O) groups excluding carboxylic acids is 3. The number of carbonyl (C=O) groups is 3. The van der Waals surface area contributed by atoms with Gasteiger partial charge in [-0.1, -0.05) is 54.6 Å². The number of ether oxygens (including phenoxy) is 1. The number of aromatic hydroxyl groups is 1. The van der Waals surface area contributed by atoms with E-state index in [2.05, 4.69) is 24.4 Å². The average molecular weight is 657 g/mol. The number of amides is 3. The molecule has 0 unspecified atom stereocenters. The summed E-state index contributed by atoms with van der Waals surface area (Å²) in [6, 6.07) is 31.2. The van der Waals surface area contributed by atoms with Gasteiger partial charge in [0.2, 0.25) is 0 Å². The fraction of sp³-hybridized carbons (Fsp3) is 0.225. The Morgan fingerprint density at radius 2 is 1.59 bits per heavy atom. The van der Waals surface area contributed by atoms with E-state index in [1.165, 1.54) is 10.5 Å². The normalized spacial score (nSPS) is 13.8. The van der Waals surface area contributed by atoms with Crippen LogP contribution in [0.3, 0.4) is 0 Å². The van der Waals surface area contributed by atoms with Crippen LogP contribution < -0.4 is 15.0 Å². The third kappa shape index (κ3) is 7.06. The van der Waals surface area contributed by atoms with Crippen molar-refractivity contribution in [2.75, 3.05) is 18.6 Å². The van der Waals surface area contributed by atoms with Gasteiger partial charge in [-0.25, -0.2) is 0 Å². The average Bonchev–Trinajstić information content (AvgIpc) is 3.42. The lowest BCUT2D eigenvalue weighted by Gasteiger charge is -2.35. The van der Waals surface area contributed by atoms with Crippen LogP contribution in [0.15, 0.2) is 103 Å². The molecule has 0 aliphatic carbocycles. The maximum absolute atomic E-state index is 14.5. The lowest BCUT2D eigenvalue weighted by atomic mass is 9.93. The lowest BCUT2D eigenvalue weighted by molar-refractivity contribution is -0.123. The van der Waals surface area contributed by atoms with Crippen LogP contribution in [0.4, 0.5) is 5.69 Å². The topological polar surface area (TPSA) is 104 Å².